The van der Waals surface area contributed by atoms with Crippen LogP contribution < -0.4 is 4.74 Å². The molecular weight excluding hydrogens is 350 g/mol. The van der Waals surface area contributed by atoms with Gasteiger partial charge in [0, 0.05) is 6.54 Å². The summed E-state index contributed by atoms with van der Waals surface area (Å²) >= 11 is 0. The highest BCUT2D eigenvalue weighted by Gasteiger charge is 2.54. The van der Waals surface area contributed by atoms with Gasteiger partial charge in [-0.1, -0.05) is 55.8 Å². The lowest BCUT2D eigenvalue weighted by atomic mass is 10.1. The molecule has 1 aliphatic heterocycles. The number of esters is 1. The van der Waals surface area contributed by atoms with Crippen LogP contribution in [0.5, 0.6) is 5.75 Å². The van der Waals surface area contributed by atoms with E-state index >= 15 is 0 Å². The molecule has 0 spiro atoms. The van der Waals surface area contributed by atoms with Gasteiger partial charge in [-0.25, -0.2) is 0 Å². The third kappa shape index (κ3) is 5.35. The molecule has 1 heterocycles. The maximum atomic E-state index is 12.8. The molecule has 0 aromatic heterocycles. The van der Waals surface area contributed by atoms with Gasteiger partial charge in [-0.15, -0.1) is 0 Å². The number of hydrogen-bond donors (Lipinski definition) is 0. The van der Waals surface area contributed by atoms with Crippen LogP contribution in [0.2, 0.25) is 0 Å². The van der Waals surface area contributed by atoms with Crippen LogP contribution in [0.1, 0.15) is 57.7 Å². The van der Waals surface area contributed by atoms with E-state index in [-0.39, 0.29) is 18.1 Å². The summed E-state index contributed by atoms with van der Waals surface area (Å²) in [5, 5.41) is 0. The lowest BCUT2D eigenvalue weighted by Crippen LogP contribution is -2.28. The molecule has 3 rings (SSSR count). The second-order valence-electron chi connectivity index (χ2n) is 8.35. The van der Waals surface area contributed by atoms with Crippen molar-refractivity contribution in [3.05, 3.63) is 65.7 Å². The smallest absolute Gasteiger partial charge is 0.325 e. The molecule has 150 valence electrons. The summed E-state index contributed by atoms with van der Waals surface area (Å²) in [5.41, 5.74) is 1.83. The zero-order valence-corrected chi connectivity index (χ0v) is 17.4. The third-order valence-corrected chi connectivity index (χ3v) is 4.77. The van der Waals surface area contributed by atoms with Gasteiger partial charge in [0.25, 0.3) is 0 Å². The van der Waals surface area contributed by atoms with Crippen molar-refractivity contribution < 1.29 is 14.3 Å². The van der Waals surface area contributed by atoms with Crippen molar-refractivity contribution in [1.29, 1.82) is 0 Å². The van der Waals surface area contributed by atoms with Gasteiger partial charge < -0.3 is 9.47 Å². The molecule has 4 heteroatoms. The third-order valence-electron chi connectivity index (χ3n) is 4.77. The van der Waals surface area contributed by atoms with E-state index in [9.17, 15) is 4.79 Å². The topological polar surface area (TPSA) is 38.5 Å². The fourth-order valence-electron chi connectivity index (χ4n) is 3.36. The average Bonchev–Trinajstić information content (AvgIpc) is 3.36. The highest BCUT2D eigenvalue weighted by Crippen LogP contribution is 2.45. The lowest BCUT2D eigenvalue weighted by molar-refractivity contribution is -0.155. The van der Waals surface area contributed by atoms with E-state index < -0.39 is 5.60 Å². The Labute approximate surface area is 168 Å². The highest BCUT2D eigenvalue weighted by molar-refractivity contribution is 5.81. The molecule has 4 nitrogen and oxygen atoms in total. The zero-order valence-electron chi connectivity index (χ0n) is 17.4. The summed E-state index contributed by atoms with van der Waals surface area (Å²) in [6.07, 6.45) is 2.17. The summed E-state index contributed by atoms with van der Waals surface area (Å²) in [4.78, 5) is 14.9. The van der Waals surface area contributed by atoms with Gasteiger partial charge >= 0.3 is 5.97 Å². The largest absolute Gasteiger partial charge is 0.494 e. The molecule has 0 bridgehead atoms. The summed E-state index contributed by atoms with van der Waals surface area (Å²) in [6.45, 7) is 9.34. The Morgan fingerprint density at radius 3 is 2.32 bits per heavy atom. The van der Waals surface area contributed by atoms with Crippen molar-refractivity contribution in [2.75, 3.05) is 6.61 Å². The lowest BCUT2D eigenvalue weighted by Gasteiger charge is -2.19. The Kier molecular flexibility index (Phi) is 6.40. The number of benzene rings is 2. The minimum absolute atomic E-state index is 0.0414. The minimum Gasteiger partial charge on any atom is -0.494 e. The molecule has 1 unspecified atom stereocenters. The number of hydrogen-bond acceptors (Lipinski definition) is 4. The van der Waals surface area contributed by atoms with E-state index in [1.807, 2.05) is 51.1 Å². The van der Waals surface area contributed by atoms with E-state index in [2.05, 4.69) is 36.1 Å². The number of unbranched alkanes of at least 4 members (excludes halogenated alkanes) is 1. The monoisotopic (exact) mass is 381 g/mol. The molecule has 2 aromatic rings. The van der Waals surface area contributed by atoms with Crippen LogP contribution >= 0.6 is 0 Å². The van der Waals surface area contributed by atoms with Crippen LogP contribution in [0, 0.1) is 0 Å². The predicted octanol–water partition coefficient (Wildman–Crippen LogP) is 5.13. The first-order valence-electron chi connectivity index (χ1n) is 10.1. The van der Waals surface area contributed by atoms with Gasteiger partial charge in [0.15, 0.2) is 0 Å². The zero-order chi connectivity index (χ0) is 20.1. The van der Waals surface area contributed by atoms with E-state index in [4.69, 9.17) is 9.47 Å². The van der Waals surface area contributed by atoms with Crippen LogP contribution in [-0.4, -0.2) is 29.1 Å². The van der Waals surface area contributed by atoms with Gasteiger partial charge in [-0.2, -0.15) is 0 Å². The molecule has 2 aromatic carbocycles. The van der Waals surface area contributed by atoms with E-state index in [1.165, 1.54) is 5.56 Å². The van der Waals surface area contributed by atoms with Gasteiger partial charge in [0.1, 0.15) is 17.4 Å². The van der Waals surface area contributed by atoms with Gasteiger partial charge in [-0.05, 0) is 50.5 Å². The van der Waals surface area contributed by atoms with Gasteiger partial charge in [0.2, 0.25) is 0 Å². The number of nitrogens with zero attached hydrogens (tertiary/aromatic N) is 1. The molecule has 28 heavy (non-hydrogen) atoms. The quantitative estimate of drug-likeness (QED) is 0.361. The first kappa shape index (κ1) is 20.4. The summed E-state index contributed by atoms with van der Waals surface area (Å²) < 4.78 is 11.4. The van der Waals surface area contributed by atoms with Gasteiger partial charge in [0.05, 0.1) is 12.6 Å². The normalized spacial score (nSPS) is 21.2. The fraction of sp³-hybridized carbons (Fsp3) is 0.458. The molecule has 1 saturated heterocycles. The molecule has 1 fully saturated rings. The maximum Gasteiger partial charge on any atom is 0.325 e. The number of rotatable bonds is 8. The Balaban J connectivity index is 1.73. The molecule has 0 aliphatic carbocycles. The van der Waals surface area contributed by atoms with Crippen LogP contribution in [0.4, 0.5) is 0 Å². The average molecular weight is 382 g/mol. The minimum atomic E-state index is -0.486. The van der Waals surface area contributed by atoms with Crippen molar-refractivity contribution in [2.24, 2.45) is 0 Å². The summed E-state index contributed by atoms with van der Waals surface area (Å²) in [7, 11) is 0. The van der Waals surface area contributed by atoms with E-state index in [0.717, 1.165) is 37.3 Å². The highest BCUT2D eigenvalue weighted by atomic mass is 16.6. The summed E-state index contributed by atoms with van der Waals surface area (Å²) in [5.74, 6) is 0.720. The Morgan fingerprint density at radius 2 is 1.71 bits per heavy atom. The maximum absolute atomic E-state index is 12.8. The van der Waals surface area contributed by atoms with E-state index in [0.29, 0.717) is 0 Å². The second kappa shape index (κ2) is 8.78. The molecule has 0 radical (unpaired) electrons. The Hall–Kier alpha value is -2.33. The second-order valence-corrected chi connectivity index (χ2v) is 8.35. The molecule has 1 aliphatic rings. The standard InChI is InChI=1S/C24H31NO3/c1-5-6-16-27-20-14-12-19(13-15-20)21-22(23(26)28-24(2,3)4)25(21)17-18-10-8-7-9-11-18/h7-15,21-22H,5-6,16-17H2,1-4H3/t21-,22+,25?/m0/s1. The van der Waals surface area contributed by atoms with Crippen LogP contribution in [0.15, 0.2) is 54.6 Å². The van der Waals surface area contributed by atoms with Crippen LogP contribution in [0.25, 0.3) is 0 Å². The molecular formula is C24H31NO3. The Morgan fingerprint density at radius 1 is 1.04 bits per heavy atom. The van der Waals surface area contributed by atoms with Crippen molar-refractivity contribution >= 4 is 5.97 Å². The molecule has 0 N–H and O–H groups in total. The Bertz CT molecular complexity index is 765. The van der Waals surface area contributed by atoms with E-state index in [1.54, 1.807) is 0 Å². The van der Waals surface area contributed by atoms with Crippen molar-refractivity contribution in [1.82, 2.24) is 4.90 Å². The SMILES string of the molecule is CCCCOc1ccc([C@H]2[C@H](C(=O)OC(C)(C)C)N2Cc2ccccc2)cc1. The fourth-order valence-corrected chi connectivity index (χ4v) is 3.36. The number of carbonyl (C=O) groups is 1. The molecule has 0 saturated carbocycles. The predicted molar refractivity (Wildman–Crippen MR) is 111 cm³/mol. The molecule has 0 amide bonds. The first-order valence-corrected chi connectivity index (χ1v) is 10.1. The van der Waals surface area contributed by atoms with Crippen molar-refractivity contribution in [3.63, 3.8) is 0 Å². The van der Waals surface area contributed by atoms with Crippen molar-refractivity contribution in [3.8, 4) is 5.75 Å². The summed E-state index contributed by atoms with van der Waals surface area (Å²) in [6, 6.07) is 18.2. The van der Waals surface area contributed by atoms with Gasteiger partial charge in [-0.3, -0.25) is 9.69 Å². The van der Waals surface area contributed by atoms with Crippen molar-refractivity contribution in [2.45, 2.75) is 64.8 Å². The van der Waals surface area contributed by atoms with Crippen LogP contribution in [-0.2, 0) is 16.1 Å². The molecule has 3 atom stereocenters. The number of ether oxygens (including phenoxy) is 2. The first-order chi connectivity index (χ1) is 13.4. The van der Waals surface area contributed by atoms with Crippen LogP contribution in [0.3, 0.4) is 0 Å². The number of carbonyl (C=O) groups excluding carboxylic acids is 1.